The second kappa shape index (κ2) is 6.39. The molecule has 0 fully saturated rings. The molecule has 8 nitrogen and oxygen atoms in total. The lowest BCUT2D eigenvalue weighted by Gasteiger charge is -2.21. The van der Waals surface area contributed by atoms with E-state index in [1.165, 1.54) is 0 Å². The van der Waals surface area contributed by atoms with Crippen LogP contribution in [0.3, 0.4) is 0 Å². The van der Waals surface area contributed by atoms with Crippen molar-refractivity contribution in [2.75, 3.05) is 29.2 Å². The molecule has 0 saturated heterocycles. The third kappa shape index (κ3) is 2.88. The number of para-hydroxylation sites is 1. The summed E-state index contributed by atoms with van der Waals surface area (Å²) in [6.07, 6.45) is 5.35. The molecule has 1 N–H and O–H groups in total. The number of benzene rings is 1. The van der Waals surface area contributed by atoms with Gasteiger partial charge in [0.1, 0.15) is 5.69 Å². The highest BCUT2D eigenvalue weighted by Crippen LogP contribution is 2.37. The molecule has 27 heavy (non-hydrogen) atoms. The fourth-order valence-corrected chi connectivity index (χ4v) is 3.08. The maximum Gasteiger partial charge on any atom is 0.261 e. The van der Waals surface area contributed by atoms with Gasteiger partial charge in [0.15, 0.2) is 5.82 Å². The van der Waals surface area contributed by atoms with E-state index in [1.54, 1.807) is 24.3 Å². The number of rotatable bonds is 3. The first-order valence-corrected chi connectivity index (χ1v) is 8.74. The zero-order chi connectivity index (χ0) is 19.1. The summed E-state index contributed by atoms with van der Waals surface area (Å²) in [5.41, 5.74) is 3.02. The molecule has 0 atom stereocenters. The van der Waals surface area contributed by atoms with Crippen molar-refractivity contribution in [1.82, 2.24) is 19.7 Å². The van der Waals surface area contributed by atoms with Gasteiger partial charge in [-0.2, -0.15) is 10.1 Å². The number of carbonyl (C=O) groups excluding carboxylic acids is 1. The van der Waals surface area contributed by atoms with E-state index in [0.29, 0.717) is 17.3 Å². The molecule has 3 heterocycles. The van der Waals surface area contributed by atoms with Gasteiger partial charge in [0.05, 0.1) is 29.3 Å². The Morgan fingerprint density at radius 2 is 1.81 bits per heavy atom. The first-order valence-electron chi connectivity index (χ1n) is 8.74. The Bertz CT molecular complexity index is 1010. The van der Waals surface area contributed by atoms with Crippen LogP contribution < -0.4 is 15.1 Å². The Kier molecular flexibility index (Phi) is 4.02. The third-order valence-corrected chi connectivity index (χ3v) is 4.62. The van der Waals surface area contributed by atoms with E-state index in [0.717, 1.165) is 17.1 Å². The highest BCUT2D eigenvalue weighted by Gasteiger charge is 2.28. The predicted octanol–water partition coefficient (Wildman–Crippen LogP) is 3.36. The van der Waals surface area contributed by atoms with Gasteiger partial charge in [-0.05, 0) is 26.0 Å². The standard InChI is InChI=1S/C19H21N7O/c1-12(2)26-11-13(9-21-26)22-19-20-10-16-17(23-19)25(4)18(27)14-7-5-6-8-15(14)24(16)3/h5-12H,1-4H3,(H,20,22,23). The van der Waals surface area contributed by atoms with Crippen LogP contribution in [-0.4, -0.2) is 39.8 Å². The lowest BCUT2D eigenvalue weighted by molar-refractivity contribution is 0.0993. The maximum atomic E-state index is 12.9. The highest BCUT2D eigenvalue weighted by molar-refractivity contribution is 6.12. The van der Waals surface area contributed by atoms with Gasteiger partial charge in [0.2, 0.25) is 5.95 Å². The summed E-state index contributed by atoms with van der Waals surface area (Å²) in [6.45, 7) is 4.12. The van der Waals surface area contributed by atoms with Gasteiger partial charge in [0.25, 0.3) is 5.91 Å². The van der Waals surface area contributed by atoms with Crippen molar-refractivity contribution in [2.45, 2.75) is 19.9 Å². The summed E-state index contributed by atoms with van der Waals surface area (Å²) in [6, 6.07) is 7.78. The van der Waals surface area contributed by atoms with Crippen molar-refractivity contribution in [3.63, 3.8) is 0 Å². The van der Waals surface area contributed by atoms with Crippen molar-refractivity contribution >= 4 is 34.7 Å². The number of aromatic nitrogens is 4. The van der Waals surface area contributed by atoms with Crippen molar-refractivity contribution in [3.8, 4) is 0 Å². The highest BCUT2D eigenvalue weighted by atomic mass is 16.2. The predicted molar refractivity (Wildman–Crippen MR) is 105 cm³/mol. The molecular formula is C19H21N7O. The number of amides is 1. The van der Waals surface area contributed by atoms with Gasteiger partial charge in [0, 0.05) is 26.3 Å². The molecule has 0 unspecified atom stereocenters. The van der Waals surface area contributed by atoms with Crippen molar-refractivity contribution < 1.29 is 4.79 Å². The number of nitrogens with one attached hydrogen (secondary N) is 1. The van der Waals surface area contributed by atoms with E-state index in [-0.39, 0.29) is 11.9 Å². The fourth-order valence-electron chi connectivity index (χ4n) is 3.08. The quantitative estimate of drug-likeness (QED) is 0.769. The van der Waals surface area contributed by atoms with Gasteiger partial charge in [-0.1, -0.05) is 12.1 Å². The monoisotopic (exact) mass is 363 g/mol. The minimum Gasteiger partial charge on any atom is -0.340 e. The summed E-state index contributed by atoms with van der Waals surface area (Å²) in [5.74, 6) is 0.858. The Balaban J connectivity index is 1.72. The van der Waals surface area contributed by atoms with E-state index >= 15 is 0 Å². The van der Waals surface area contributed by atoms with Crippen LogP contribution in [0.1, 0.15) is 30.2 Å². The smallest absolute Gasteiger partial charge is 0.261 e. The Hall–Kier alpha value is -3.42. The number of anilines is 5. The largest absolute Gasteiger partial charge is 0.340 e. The van der Waals surface area contributed by atoms with Crippen LogP contribution in [-0.2, 0) is 0 Å². The molecule has 3 aromatic rings. The fraction of sp³-hybridized carbons (Fsp3) is 0.263. The van der Waals surface area contributed by atoms with E-state index in [9.17, 15) is 4.79 Å². The molecule has 1 amide bonds. The van der Waals surface area contributed by atoms with Crippen LogP contribution in [0, 0.1) is 0 Å². The maximum absolute atomic E-state index is 12.9. The summed E-state index contributed by atoms with van der Waals surface area (Å²) in [4.78, 5) is 25.4. The topological polar surface area (TPSA) is 79.2 Å². The normalized spacial score (nSPS) is 13.4. The molecule has 2 aromatic heterocycles. The van der Waals surface area contributed by atoms with Crippen LogP contribution >= 0.6 is 0 Å². The first kappa shape index (κ1) is 17.0. The van der Waals surface area contributed by atoms with Gasteiger partial charge in [-0.15, -0.1) is 0 Å². The summed E-state index contributed by atoms with van der Waals surface area (Å²) in [7, 11) is 3.64. The average Bonchev–Trinajstić information content (AvgIpc) is 3.12. The van der Waals surface area contributed by atoms with Gasteiger partial charge < -0.3 is 10.2 Å². The van der Waals surface area contributed by atoms with Crippen LogP contribution in [0.2, 0.25) is 0 Å². The molecule has 0 bridgehead atoms. The molecule has 138 valence electrons. The number of nitrogens with zero attached hydrogens (tertiary/aromatic N) is 6. The number of hydrogen-bond donors (Lipinski definition) is 1. The Labute approximate surface area is 157 Å². The average molecular weight is 363 g/mol. The second-order valence-corrected chi connectivity index (χ2v) is 6.77. The zero-order valence-corrected chi connectivity index (χ0v) is 15.7. The summed E-state index contributed by atoms with van der Waals surface area (Å²) in [5, 5.41) is 7.47. The Morgan fingerprint density at radius 3 is 2.56 bits per heavy atom. The van der Waals surface area contributed by atoms with Crippen LogP contribution in [0.25, 0.3) is 0 Å². The van der Waals surface area contributed by atoms with E-state index in [4.69, 9.17) is 0 Å². The summed E-state index contributed by atoms with van der Waals surface area (Å²) >= 11 is 0. The lowest BCUT2D eigenvalue weighted by atomic mass is 10.1. The minimum atomic E-state index is -0.103. The zero-order valence-electron chi connectivity index (χ0n) is 15.7. The second-order valence-electron chi connectivity index (χ2n) is 6.77. The minimum absolute atomic E-state index is 0.103. The molecule has 8 heteroatoms. The van der Waals surface area contributed by atoms with Crippen molar-refractivity contribution in [1.29, 1.82) is 0 Å². The number of carbonyl (C=O) groups is 1. The molecule has 1 aliphatic heterocycles. The van der Waals surface area contributed by atoms with Crippen LogP contribution in [0.15, 0.2) is 42.9 Å². The number of fused-ring (bicyclic) bond motifs is 2. The van der Waals surface area contributed by atoms with Gasteiger partial charge in [-0.3, -0.25) is 14.4 Å². The SMILES string of the molecule is CC(C)n1cc(Nc2ncc3c(n2)N(C)C(=O)c2ccccc2N3C)cn1. The van der Waals surface area contributed by atoms with Crippen molar-refractivity contribution in [2.24, 2.45) is 0 Å². The van der Waals surface area contributed by atoms with Crippen LogP contribution in [0.5, 0.6) is 0 Å². The van der Waals surface area contributed by atoms with E-state index < -0.39 is 0 Å². The number of hydrogen-bond acceptors (Lipinski definition) is 6. The molecule has 1 aliphatic rings. The molecule has 0 spiro atoms. The van der Waals surface area contributed by atoms with E-state index in [2.05, 4.69) is 34.2 Å². The molecule has 4 rings (SSSR count). The molecule has 0 saturated carbocycles. The van der Waals surface area contributed by atoms with E-state index in [1.807, 2.05) is 47.1 Å². The van der Waals surface area contributed by atoms with Crippen molar-refractivity contribution in [3.05, 3.63) is 48.4 Å². The molecule has 0 radical (unpaired) electrons. The van der Waals surface area contributed by atoms with Gasteiger partial charge in [-0.25, -0.2) is 4.98 Å². The molecule has 1 aromatic carbocycles. The first-order chi connectivity index (χ1) is 13.0. The molecular weight excluding hydrogens is 342 g/mol. The summed E-state index contributed by atoms with van der Waals surface area (Å²) < 4.78 is 1.85. The third-order valence-electron chi connectivity index (χ3n) is 4.62. The molecule has 0 aliphatic carbocycles. The van der Waals surface area contributed by atoms with Crippen LogP contribution in [0.4, 0.5) is 28.8 Å². The lowest BCUT2D eigenvalue weighted by Crippen LogP contribution is -2.26. The Morgan fingerprint density at radius 1 is 1.04 bits per heavy atom. The van der Waals surface area contributed by atoms with Gasteiger partial charge >= 0.3 is 0 Å².